The van der Waals surface area contributed by atoms with Gasteiger partial charge in [0.25, 0.3) is 0 Å². The second kappa shape index (κ2) is 6.97. The van der Waals surface area contributed by atoms with Crippen molar-refractivity contribution in [2.45, 2.75) is 31.6 Å². The van der Waals surface area contributed by atoms with Crippen molar-refractivity contribution in [2.75, 3.05) is 27.3 Å². The molecule has 0 unspecified atom stereocenters. The molecule has 1 saturated carbocycles. The molecule has 0 saturated heterocycles. The van der Waals surface area contributed by atoms with Gasteiger partial charge in [0.15, 0.2) is 17.3 Å². The molecule has 7 heteroatoms. The van der Waals surface area contributed by atoms with E-state index in [2.05, 4.69) is 10.1 Å². The number of hydrogen-bond acceptors (Lipinski definition) is 6. The van der Waals surface area contributed by atoms with Crippen molar-refractivity contribution in [3.8, 4) is 11.5 Å². The van der Waals surface area contributed by atoms with E-state index in [0.29, 0.717) is 43.5 Å². The number of para-hydroxylation sites is 1. The third kappa shape index (κ3) is 3.38. The van der Waals surface area contributed by atoms with Crippen LogP contribution in [0.5, 0.6) is 11.5 Å². The van der Waals surface area contributed by atoms with E-state index in [1.54, 1.807) is 12.0 Å². The third-order valence-corrected chi connectivity index (χ3v) is 4.98. The maximum absolute atomic E-state index is 12.8. The van der Waals surface area contributed by atoms with Crippen LogP contribution in [0.15, 0.2) is 22.7 Å². The quantitative estimate of drug-likeness (QED) is 0.789. The summed E-state index contributed by atoms with van der Waals surface area (Å²) in [6.45, 7) is 0.925. The first-order valence-electron chi connectivity index (χ1n) is 9.02. The molecule has 0 bridgehead atoms. The summed E-state index contributed by atoms with van der Waals surface area (Å²) in [7, 11) is 3.43. The Kier molecular flexibility index (Phi) is 4.53. The molecule has 2 aromatic rings. The lowest BCUT2D eigenvalue weighted by Gasteiger charge is -2.28. The van der Waals surface area contributed by atoms with Gasteiger partial charge >= 0.3 is 0 Å². The Balaban J connectivity index is 1.34. The molecule has 26 heavy (non-hydrogen) atoms. The number of likely N-dealkylation sites (N-methyl/N-ethyl adjacent to an activating group) is 1. The Labute approximate surface area is 152 Å². The molecule has 138 valence electrons. The molecule has 1 fully saturated rings. The van der Waals surface area contributed by atoms with Crippen molar-refractivity contribution in [2.24, 2.45) is 5.92 Å². The number of rotatable bonds is 6. The van der Waals surface area contributed by atoms with E-state index < -0.39 is 0 Å². The highest BCUT2D eigenvalue weighted by molar-refractivity contribution is 5.79. The summed E-state index contributed by atoms with van der Waals surface area (Å²) in [5.41, 5.74) is 1.01. The number of nitrogens with zero attached hydrogens (tertiary/aromatic N) is 3. The number of aromatic nitrogens is 2. The number of ether oxygens (including phenoxy) is 2. The molecule has 0 radical (unpaired) electrons. The lowest BCUT2D eigenvalue weighted by molar-refractivity contribution is -0.135. The largest absolute Gasteiger partial charge is 0.493 e. The molecular weight excluding hydrogens is 334 g/mol. The number of amides is 1. The van der Waals surface area contributed by atoms with E-state index in [0.717, 1.165) is 30.0 Å². The predicted octanol–water partition coefficient (Wildman–Crippen LogP) is 2.21. The second-order valence-corrected chi connectivity index (χ2v) is 6.99. The minimum atomic E-state index is -0.188. The predicted molar refractivity (Wildman–Crippen MR) is 93.3 cm³/mol. The topological polar surface area (TPSA) is 77.7 Å². The zero-order chi connectivity index (χ0) is 18.1. The van der Waals surface area contributed by atoms with Gasteiger partial charge < -0.3 is 18.9 Å². The maximum Gasteiger partial charge on any atom is 0.229 e. The van der Waals surface area contributed by atoms with Gasteiger partial charge in [0.2, 0.25) is 11.8 Å². The molecule has 2 heterocycles. The number of benzene rings is 1. The highest BCUT2D eigenvalue weighted by atomic mass is 16.5. The Morgan fingerprint density at radius 2 is 2.23 bits per heavy atom. The van der Waals surface area contributed by atoms with Crippen LogP contribution in [0, 0.1) is 5.92 Å². The molecule has 2 aliphatic rings. The molecule has 4 rings (SSSR count). The lowest BCUT2D eigenvalue weighted by Crippen LogP contribution is -2.39. The van der Waals surface area contributed by atoms with Gasteiger partial charge in [-0.25, -0.2) is 0 Å². The first-order chi connectivity index (χ1) is 12.7. The molecule has 1 aromatic heterocycles. The minimum absolute atomic E-state index is 0.0735. The molecule has 1 aliphatic carbocycles. The van der Waals surface area contributed by atoms with Crippen LogP contribution >= 0.6 is 0 Å². The minimum Gasteiger partial charge on any atom is -0.493 e. The van der Waals surface area contributed by atoms with Crippen LogP contribution in [0.1, 0.15) is 36.0 Å². The highest BCUT2D eigenvalue weighted by Crippen LogP contribution is 2.39. The van der Waals surface area contributed by atoms with Crippen LogP contribution in [-0.2, 0) is 17.6 Å². The van der Waals surface area contributed by atoms with Crippen molar-refractivity contribution >= 4 is 5.91 Å². The van der Waals surface area contributed by atoms with Crippen molar-refractivity contribution in [3.63, 3.8) is 0 Å². The second-order valence-electron chi connectivity index (χ2n) is 6.99. The zero-order valence-electron chi connectivity index (χ0n) is 15.1. The molecule has 0 spiro atoms. The van der Waals surface area contributed by atoms with Gasteiger partial charge in [-0.1, -0.05) is 17.3 Å². The molecular formula is C19H23N3O4. The van der Waals surface area contributed by atoms with Crippen LogP contribution in [0.2, 0.25) is 0 Å². The van der Waals surface area contributed by atoms with Gasteiger partial charge in [-0.2, -0.15) is 4.98 Å². The molecule has 7 nitrogen and oxygen atoms in total. The summed E-state index contributed by atoms with van der Waals surface area (Å²) in [6, 6.07) is 5.77. The van der Waals surface area contributed by atoms with E-state index in [4.69, 9.17) is 14.0 Å². The van der Waals surface area contributed by atoms with Crippen molar-refractivity contribution in [3.05, 3.63) is 35.5 Å². The van der Waals surface area contributed by atoms with E-state index in [1.165, 1.54) is 0 Å². The maximum atomic E-state index is 12.8. The van der Waals surface area contributed by atoms with Crippen LogP contribution in [0.3, 0.4) is 0 Å². The van der Waals surface area contributed by atoms with Gasteiger partial charge in [0.1, 0.15) is 6.61 Å². The first-order valence-corrected chi connectivity index (χ1v) is 9.02. The summed E-state index contributed by atoms with van der Waals surface area (Å²) >= 11 is 0. The first kappa shape index (κ1) is 16.9. The summed E-state index contributed by atoms with van der Waals surface area (Å²) < 4.78 is 16.4. The molecule has 1 amide bonds. The van der Waals surface area contributed by atoms with E-state index in [1.807, 2.05) is 25.2 Å². The number of fused-ring (bicyclic) bond motifs is 1. The van der Waals surface area contributed by atoms with Crippen LogP contribution in [-0.4, -0.2) is 48.3 Å². The van der Waals surface area contributed by atoms with Gasteiger partial charge in [0, 0.05) is 25.9 Å². The third-order valence-electron chi connectivity index (χ3n) is 4.98. The smallest absolute Gasteiger partial charge is 0.229 e. The monoisotopic (exact) mass is 357 g/mol. The van der Waals surface area contributed by atoms with E-state index in [9.17, 15) is 4.79 Å². The molecule has 1 atom stereocenters. The van der Waals surface area contributed by atoms with E-state index >= 15 is 0 Å². The summed E-state index contributed by atoms with van der Waals surface area (Å²) in [4.78, 5) is 18.9. The summed E-state index contributed by atoms with van der Waals surface area (Å²) in [5, 5.41) is 4.01. The fraction of sp³-hybridized carbons (Fsp3) is 0.526. The van der Waals surface area contributed by atoms with Crippen molar-refractivity contribution in [1.29, 1.82) is 0 Å². The average Bonchev–Trinajstić information content (AvgIpc) is 3.42. The highest BCUT2D eigenvalue weighted by Gasteiger charge is 2.31. The van der Waals surface area contributed by atoms with Crippen molar-refractivity contribution < 1.29 is 18.8 Å². The summed E-state index contributed by atoms with van der Waals surface area (Å²) in [6.07, 6.45) is 3.52. The van der Waals surface area contributed by atoms with Gasteiger partial charge in [-0.15, -0.1) is 0 Å². The van der Waals surface area contributed by atoms with Gasteiger partial charge in [-0.3, -0.25) is 4.79 Å². The normalized spacial score (nSPS) is 18.8. The summed E-state index contributed by atoms with van der Waals surface area (Å²) in [5.74, 6) is 3.21. The Hall–Kier alpha value is -2.57. The number of carbonyl (C=O) groups excluding carboxylic acids is 1. The number of carbonyl (C=O) groups is 1. The SMILES string of the molecule is COc1cccc2c1OC[C@H](C(=O)N(C)CCc1noc(C3CC3)n1)C2. The van der Waals surface area contributed by atoms with Crippen LogP contribution in [0.4, 0.5) is 0 Å². The van der Waals surface area contributed by atoms with E-state index in [-0.39, 0.29) is 11.8 Å². The number of methoxy groups -OCH3 is 1. The Morgan fingerprint density at radius 3 is 3.00 bits per heavy atom. The van der Waals surface area contributed by atoms with Gasteiger partial charge in [0.05, 0.1) is 13.0 Å². The fourth-order valence-electron chi connectivity index (χ4n) is 3.27. The van der Waals surface area contributed by atoms with Crippen LogP contribution < -0.4 is 9.47 Å². The van der Waals surface area contributed by atoms with Crippen LogP contribution in [0.25, 0.3) is 0 Å². The Bertz CT molecular complexity index is 800. The molecule has 0 N–H and O–H groups in total. The standard InChI is InChI=1S/C19H23N3O4/c1-22(9-8-16-20-18(26-21-16)12-6-7-12)19(23)14-10-13-4-3-5-15(24-2)17(13)25-11-14/h3-5,12,14H,6-11H2,1-2H3/t14-/m1/s1. The lowest BCUT2D eigenvalue weighted by atomic mass is 9.95. The average molecular weight is 357 g/mol. The van der Waals surface area contributed by atoms with Crippen molar-refractivity contribution in [1.82, 2.24) is 15.0 Å². The number of hydrogen-bond donors (Lipinski definition) is 0. The van der Waals surface area contributed by atoms with Gasteiger partial charge in [-0.05, 0) is 30.9 Å². The molecule has 1 aliphatic heterocycles. The fourth-order valence-corrected chi connectivity index (χ4v) is 3.27. The zero-order valence-corrected chi connectivity index (χ0v) is 15.1. The molecule has 1 aromatic carbocycles. The Morgan fingerprint density at radius 1 is 1.38 bits per heavy atom.